The van der Waals surface area contributed by atoms with Crippen LogP contribution in [0.4, 0.5) is 0 Å². The summed E-state index contributed by atoms with van der Waals surface area (Å²) in [6.45, 7) is 2.69. The molecule has 0 saturated carbocycles. The molecule has 0 saturated heterocycles. The van der Waals surface area contributed by atoms with Gasteiger partial charge in [-0.15, -0.1) is 0 Å². The van der Waals surface area contributed by atoms with Crippen molar-refractivity contribution in [2.75, 3.05) is 6.54 Å². The van der Waals surface area contributed by atoms with Crippen molar-refractivity contribution < 1.29 is 0 Å². The van der Waals surface area contributed by atoms with Gasteiger partial charge in [0.1, 0.15) is 6.33 Å². The van der Waals surface area contributed by atoms with Crippen LogP contribution in [0.15, 0.2) is 12.4 Å². The van der Waals surface area contributed by atoms with Gasteiger partial charge in [-0.1, -0.05) is 0 Å². The molecule has 0 aliphatic heterocycles. The fourth-order valence-electron chi connectivity index (χ4n) is 0.930. The van der Waals surface area contributed by atoms with E-state index in [1.165, 1.54) is 0 Å². The van der Waals surface area contributed by atoms with Crippen LogP contribution in [0.1, 0.15) is 17.8 Å². The van der Waals surface area contributed by atoms with Crippen LogP contribution >= 0.6 is 0 Å². The van der Waals surface area contributed by atoms with Crippen molar-refractivity contribution in [2.45, 2.75) is 19.8 Å². The molecule has 0 aromatic carbocycles. The number of hydrogen-bond acceptors (Lipinski definition) is 3. The molecular formula is C8H13N3. The maximum absolute atomic E-state index is 5.37. The van der Waals surface area contributed by atoms with Crippen molar-refractivity contribution in [1.29, 1.82) is 0 Å². The smallest absolute Gasteiger partial charge is 0.115 e. The summed E-state index contributed by atoms with van der Waals surface area (Å²) in [5.74, 6) is 0. The molecule has 0 fully saturated rings. The fraction of sp³-hybridized carbons (Fsp3) is 0.500. The molecule has 11 heavy (non-hydrogen) atoms. The molecule has 0 radical (unpaired) electrons. The number of aryl methyl sites for hydroxylation is 2. The Bertz CT molecular complexity index is 222. The van der Waals surface area contributed by atoms with Gasteiger partial charge in [0, 0.05) is 11.4 Å². The summed E-state index contributed by atoms with van der Waals surface area (Å²) in [6.07, 6.45) is 3.55. The highest BCUT2D eigenvalue weighted by Gasteiger charge is 1.93. The highest BCUT2D eigenvalue weighted by molar-refractivity contribution is 5.06. The summed E-state index contributed by atoms with van der Waals surface area (Å²) in [5.41, 5.74) is 7.48. The average Bonchev–Trinajstić information content (AvgIpc) is 2.01. The first-order valence-electron chi connectivity index (χ1n) is 3.80. The Labute approximate surface area is 66.7 Å². The van der Waals surface area contributed by atoms with Gasteiger partial charge in [0.15, 0.2) is 0 Å². The largest absolute Gasteiger partial charge is 0.330 e. The van der Waals surface area contributed by atoms with Gasteiger partial charge in [0.25, 0.3) is 0 Å². The van der Waals surface area contributed by atoms with Crippen molar-refractivity contribution in [3.8, 4) is 0 Å². The predicted molar refractivity (Wildman–Crippen MR) is 44.1 cm³/mol. The number of nitrogens with two attached hydrogens (primary N) is 1. The van der Waals surface area contributed by atoms with E-state index in [1.807, 2.05) is 13.0 Å². The topological polar surface area (TPSA) is 51.8 Å². The second-order valence-electron chi connectivity index (χ2n) is 2.54. The Morgan fingerprint density at radius 1 is 1.45 bits per heavy atom. The number of nitrogens with zero attached hydrogens (tertiary/aromatic N) is 2. The van der Waals surface area contributed by atoms with Crippen molar-refractivity contribution >= 4 is 0 Å². The Kier molecular flexibility index (Phi) is 2.98. The summed E-state index contributed by atoms with van der Waals surface area (Å²) in [4.78, 5) is 8.12. The van der Waals surface area contributed by atoms with Gasteiger partial charge in [-0.25, -0.2) is 9.97 Å². The molecule has 0 atom stereocenters. The zero-order valence-corrected chi connectivity index (χ0v) is 6.75. The lowest BCUT2D eigenvalue weighted by molar-refractivity contribution is 0.802. The lowest BCUT2D eigenvalue weighted by Gasteiger charge is -1.98. The molecule has 3 heteroatoms. The van der Waals surface area contributed by atoms with E-state index in [9.17, 15) is 0 Å². The van der Waals surface area contributed by atoms with Crippen molar-refractivity contribution in [2.24, 2.45) is 5.73 Å². The normalized spacial score (nSPS) is 10.0. The molecule has 1 aromatic rings. The Balaban J connectivity index is 2.56. The minimum absolute atomic E-state index is 0.725. The second kappa shape index (κ2) is 4.03. The van der Waals surface area contributed by atoms with E-state index in [0.29, 0.717) is 0 Å². The van der Waals surface area contributed by atoms with Gasteiger partial charge in [0.2, 0.25) is 0 Å². The third-order valence-electron chi connectivity index (χ3n) is 1.50. The standard InChI is InChI=1S/C8H13N3/c1-7-5-8(3-2-4-9)11-6-10-7/h5-6H,2-4,9H2,1H3. The van der Waals surface area contributed by atoms with Gasteiger partial charge < -0.3 is 5.73 Å². The van der Waals surface area contributed by atoms with Crippen LogP contribution in [0.2, 0.25) is 0 Å². The van der Waals surface area contributed by atoms with Crippen LogP contribution < -0.4 is 5.73 Å². The minimum atomic E-state index is 0.725. The Morgan fingerprint density at radius 2 is 2.27 bits per heavy atom. The summed E-state index contributed by atoms with van der Waals surface area (Å²) in [6, 6.07) is 2.00. The second-order valence-corrected chi connectivity index (χ2v) is 2.54. The summed E-state index contributed by atoms with van der Waals surface area (Å²) in [7, 11) is 0. The SMILES string of the molecule is Cc1cc(CCCN)ncn1. The highest BCUT2D eigenvalue weighted by atomic mass is 14.8. The molecule has 0 unspecified atom stereocenters. The molecule has 0 aliphatic rings. The molecule has 2 N–H and O–H groups in total. The average molecular weight is 151 g/mol. The number of hydrogen-bond donors (Lipinski definition) is 1. The van der Waals surface area contributed by atoms with Crippen molar-refractivity contribution in [1.82, 2.24) is 9.97 Å². The van der Waals surface area contributed by atoms with E-state index in [2.05, 4.69) is 9.97 Å². The van der Waals surface area contributed by atoms with Crippen molar-refractivity contribution in [3.05, 3.63) is 23.8 Å². The van der Waals surface area contributed by atoms with Gasteiger partial charge in [0.05, 0.1) is 0 Å². The summed E-state index contributed by atoms with van der Waals surface area (Å²) < 4.78 is 0. The molecule has 1 aromatic heterocycles. The van der Waals surface area contributed by atoms with E-state index in [4.69, 9.17) is 5.73 Å². The van der Waals surface area contributed by atoms with Gasteiger partial charge in [-0.2, -0.15) is 0 Å². The predicted octanol–water partition coefficient (Wildman–Crippen LogP) is 0.676. The van der Waals surface area contributed by atoms with Gasteiger partial charge in [-0.05, 0) is 32.4 Å². The van der Waals surface area contributed by atoms with Crippen molar-refractivity contribution in [3.63, 3.8) is 0 Å². The lowest BCUT2D eigenvalue weighted by Crippen LogP contribution is -2.01. The highest BCUT2D eigenvalue weighted by Crippen LogP contribution is 1.98. The quantitative estimate of drug-likeness (QED) is 0.691. The molecule has 0 spiro atoms. The van der Waals surface area contributed by atoms with E-state index < -0.39 is 0 Å². The monoisotopic (exact) mass is 151 g/mol. The summed E-state index contributed by atoms with van der Waals surface area (Å²) in [5, 5.41) is 0. The maximum atomic E-state index is 5.37. The van der Waals surface area contributed by atoms with E-state index in [1.54, 1.807) is 6.33 Å². The first-order valence-corrected chi connectivity index (χ1v) is 3.80. The number of aromatic nitrogens is 2. The molecular weight excluding hydrogens is 138 g/mol. The molecule has 60 valence electrons. The van der Waals surface area contributed by atoms with Crippen LogP contribution in [0.3, 0.4) is 0 Å². The molecule has 3 nitrogen and oxygen atoms in total. The van der Waals surface area contributed by atoms with E-state index in [-0.39, 0.29) is 0 Å². The van der Waals surface area contributed by atoms with Crippen LogP contribution in [-0.4, -0.2) is 16.5 Å². The van der Waals surface area contributed by atoms with Gasteiger partial charge in [-0.3, -0.25) is 0 Å². The Hall–Kier alpha value is -0.960. The van der Waals surface area contributed by atoms with Crippen LogP contribution in [0.25, 0.3) is 0 Å². The molecule has 1 heterocycles. The Morgan fingerprint density at radius 3 is 2.91 bits per heavy atom. The lowest BCUT2D eigenvalue weighted by atomic mass is 10.2. The third-order valence-corrected chi connectivity index (χ3v) is 1.50. The number of rotatable bonds is 3. The molecule has 0 bridgehead atoms. The minimum Gasteiger partial charge on any atom is -0.330 e. The first kappa shape index (κ1) is 8.14. The third kappa shape index (κ3) is 2.63. The van der Waals surface area contributed by atoms with Crippen LogP contribution in [0.5, 0.6) is 0 Å². The molecule has 0 aliphatic carbocycles. The fourth-order valence-corrected chi connectivity index (χ4v) is 0.930. The zero-order chi connectivity index (χ0) is 8.10. The zero-order valence-electron chi connectivity index (χ0n) is 6.75. The van der Waals surface area contributed by atoms with Crippen LogP contribution in [0, 0.1) is 6.92 Å². The first-order chi connectivity index (χ1) is 5.33. The molecule has 0 amide bonds. The van der Waals surface area contributed by atoms with Gasteiger partial charge >= 0.3 is 0 Å². The summed E-state index contributed by atoms with van der Waals surface area (Å²) >= 11 is 0. The van der Waals surface area contributed by atoms with E-state index >= 15 is 0 Å². The van der Waals surface area contributed by atoms with Crippen LogP contribution in [-0.2, 0) is 6.42 Å². The van der Waals surface area contributed by atoms with E-state index in [0.717, 1.165) is 30.8 Å². The molecule has 1 rings (SSSR count). The maximum Gasteiger partial charge on any atom is 0.115 e.